The number of rotatable bonds is 4. The predicted octanol–water partition coefficient (Wildman–Crippen LogP) is 2.61. The Labute approximate surface area is 130 Å². The van der Waals surface area contributed by atoms with Crippen molar-refractivity contribution in [2.75, 3.05) is 0 Å². The number of carbonyl (C=O) groups excluding carboxylic acids is 2. The Morgan fingerprint density at radius 2 is 1.82 bits per heavy atom. The van der Waals surface area contributed by atoms with Crippen LogP contribution in [-0.2, 0) is 25.5 Å². The lowest BCUT2D eigenvalue weighted by atomic mass is 9.77. The Morgan fingerprint density at radius 3 is 2.36 bits per heavy atom. The van der Waals surface area contributed by atoms with Crippen LogP contribution in [-0.4, -0.2) is 17.7 Å². The predicted molar refractivity (Wildman–Crippen MR) is 81.6 cm³/mol. The van der Waals surface area contributed by atoms with Crippen LogP contribution in [0.2, 0.25) is 0 Å². The molecule has 1 heterocycles. The molecule has 114 valence electrons. The molecule has 1 saturated heterocycles. The number of esters is 2. The molecule has 0 radical (unpaired) electrons. The van der Waals surface area contributed by atoms with Gasteiger partial charge in [-0.25, -0.2) is 0 Å². The van der Waals surface area contributed by atoms with E-state index in [9.17, 15) is 9.59 Å². The Balaban J connectivity index is 2.45. The number of carbonyl (C=O) groups is 2. The lowest BCUT2D eigenvalue weighted by Crippen LogP contribution is -2.54. The second-order valence-electron chi connectivity index (χ2n) is 5.73. The fourth-order valence-corrected chi connectivity index (χ4v) is 2.52. The van der Waals surface area contributed by atoms with Crippen molar-refractivity contribution in [3.8, 4) is 12.3 Å². The van der Waals surface area contributed by atoms with Gasteiger partial charge < -0.3 is 9.47 Å². The quantitative estimate of drug-likeness (QED) is 0.371. The van der Waals surface area contributed by atoms with Crippen LogP contribution >= 0.6 is 0 Å². The first-order valence-electron chi connectivity index (χ1n) is 6.97. The highest BCUT2D eigenvalue weighted by Crippen LogP contribution is 2.38. The molecule has 1 aliphatic rings. The molecule has 0 spiro atoms. The van der Waals surface area contributed by atoms with Gasteiger partial charge in [-0.15, -0.1) is 13.0 Å². The van der Waals surface area contributed by atoms with Crippen LogP contribution in [0.4, 0.5) is 0 Å². The molecule has 1 aromatic carbocycles. The van der Waals surface area contributed by atoms with Crippen molar-refractivity contribution in [2.45, 2.75) is 32.5 Å². The van der Waals surface area contributed by atoms with E-state index in [0.29, 0.717) is 5.56 Å². The van der Waals surface area contributed by atoms with Gasteiger partial charge in [0, 0.05) is 25.8 Å². The first-order chi connectivity index (χ1) is 10.3. The van der Waals surface area contributed by atoms with Crippen LogP contribution in [0.25, 0.3) is 0 Å². The normalized spacial score (nSPS) is 18.8. The topological polar surface area (TPSA) is 52.6 Å². The number of ether oxygens (including phenoxy) is 2. The zero-order valence-corrected chi connectivity index (χ0v) is 12.7. The Kier molecular flexibility index (Phi) is 4.09. The third kappa shape index (κ3) is 2.75. The molecule has 0 unspecified atom stereocenters. The van der Waals surface area contributed by atoms with Crippen LogP contribution in [0, 0.1) is 17.8 Å². The lowest BCUT2D eigenvalue weighted by Gasteiger charge is -2.40. The van der Waals surface area contributed by atoms with E-state index < -0.39 is 23.1 Å². The fraction of sp³-hybridized carbons (Fsp3) is 0.333. The van der Waals surface area contributed by atoms with Gasteiger partial charge in [0.1, 0.15) is 0 Å². The second kappa shape index (κ2) is 5.69. The number of terminal acetylenes is 1. The number of allylic oxidation sites excluding steroid dienone is 1. The zero-order valence-electron chi connectivity index (χ0n) is 12.7. The van der Waals surface area contributed by atoms with Crippen LogP contribution in [0.1, 0.15) is 31.4 Å². The molecule has 2 rings (SSSR count). The van der Waals surface area contributed by atoms with Crippen molar-refractivity contribution in [1.29, 1.82) is 0 Å². The SMILES string of the molecule is C#Cc1ccccc1CC1(CC=C)C(=O)OC(C)(C)OC1=O. The summed E-state index contributed by atoms with van der Waals surface area (Å²) in [6.07, 6.45) is 7.24. The monoisotopic (exact) mass is 298 g/mol. The summed E-state index contributed by atoms with van der Waals surface area (Å²) in [6, 6.07) is 7.17. The smallest absolute Gasteiger partial charge is 0.327 e. The summed E-state index contributed by atoms with van der Waals surface area (Å²) in [5.41, 5.74) is -0.0821. The van der Waals surface area contributed by atoms with Crippen molar-refractivity contribution >= 4 is 11.9 Å². The molecular weight excluding hydrogens is 280 g/mol. The minimum Gasteiger partial charge on any atom is -0.422 e. The molecule has 1 fully saturated rings. The Hall–Kier alpha value is -2.54. The highest BCUT2D eigenvalue weighted by atomic mass is 16.7. The van der Waals surface area contributed by atoms with E-state index in [4.69, 9.17) is 15.9 Å². The highest BCUT2D eigenvalue weighted by Gasteiger charge is 2.55. The van der Waals surface area contributed by atoms with Gasteiger partial charge >= 0.3 is 11.9 Å². The molecule has 1 aliphatic heterocycles. The van der Waals surface area contributed by atoms with E-state index in [1.807, 2.05) is 0 Å². The van der Waals surface area contributed by atoms with E-state index in [2.05, 4.69) is 12.5 Å². The molecule has 22 heavy (non-hydrogen) atoms. The minimum atomic E-state index is -1.44. The van der Waals surface area contributed by atoms with E-state index in [1.165, 1.54) is 19.9 Å². The Morgan fingerprint density at radius 1 is 1.23 bits per heavy atom. The van der Waals surface area contributed by atoms with Gasteiger partial charge in [0.2, 0.25) is 0 Å². The largest absolute Gasteiger partial charge is 0.422 e. The van der Waals surface area contributed by atoms with Crippen LogP contribution in [0.5, 0.6) is 0 Å². The third-order valence-corrected chi connectivity index (χ3v) is 3.62. The molecule has 1 aromatic rings. The molecule has 4 nitrogen and oxygen atoms in total. The molecule has 0 atom stereocenters. The maximum Gasteiger partial charge on any atom is 0.327 e. The van der Waals surface area contributed by atoms with Crippen LogP contribution < -0.4 is 0 Å². The van der Waals surface area contributed by atoms with Gasteiger partial charge in [-0.2, -0.15) is 0 Å². The average molecular weight is 298 g/mol. The van der Waals surface area contributed by atoms with Gasteiger partial charge in [0.25, 0.3) is 5.79 Å². The minimum absolute atomic E-state index is 0.118. The number of cyclic esters (lactones) is 2. The fourth-order valence-electron chi connectivity index (χ4n) is 2.52. The maximum atomic E-state index is 12.5. The van der Waals surface area contributed by atoms with Crippen molar-refractivity contribution in [1.82, 2.24) is 0 Å². The molecule has 0 amide bonds. The van der Waals surface area contributed by atoms with Crippen molar-refractivity contribution in [3.05, 3.63) is 48.0 Å². The number of benzene rings is 1. The van der Waals surface area contributed by atoms with Gasteiger partial charge in [0.15, 0.2) is 5.41 Å². The highest BCUT2D eigenvalue weighted by molar-refractivity contribution is 6.02. The summed E-state index contributed by atoms with van der Waals surface area (Å²) in [4.78, 5) is 25.0. The van der Waals surface area contributed by atoms with E-state index in [0.717, 1.165) is 5.56 Å². The molecule has 0 bridgehead atoms. The van der Waals surface area contributed by atoms with Crippen molar-refractivity contribution in [3.63, 3.8) is 0 Å². The summed E-state index contributed by atoms with van der Waals surface area (Å²) in [6.45, 7) is 6.68. The molecular formula is C18H18O4. The first-order valence-corrected chi connectivity index (χ1v) is 6.97. The molecule has 0 N–H and O–H groups in total. The zero-order chi connectivity index (χ0) is 16.4. The standard InChI is InChI=1S/C18H18O4/c1-5-11-18(12-14-10-8-7-9-13(14)6-2)15(19)21-17(3,4)22-16(18)20/h2,5,7-10H,1,11-12H2,3-4H3. The average Bonchev–Trinajstić information content (AvgIpc) is 2.44. The van der Waals surface area contributed by atoms with Crippen molar-refractivity contribution in [2.24, 2.45) is 5.41 Å². The third-order valence-electron chi connectivity index (χ3n) is 3.62. The summed E-state index contributed by atoms with van der Waals surface area (Å²) >= 11 is 0. The number of hydrogen-bond donors (Lipinski definition) is 0. The van der Waals surface area contributed by atoms with Gasteiger partial charge in [-0.3, -0.25) is 9.59 Å². The van der Waals surface area contributed by atoms with Gasteiger partial charge in [-0.05, 0) is 18.1 Å². The molecule has 4 heteroatoms. The molecule has 0 aromatic heterocycles. The van der Waals surface area contributed by atoms with Gasteiger partial charge in [-0.1, -0.05) is 30.2 Å². The van der Waals surface area contributed by atoms with Crippen molar-refractivity contribution < 1.29 is 19.1 Å². The maximum absolute atomic E-state index is 12.5. The second-order valence-corrected chi connectivity index (χ2v) is 5.73. The van der Waals surface area contributed by atoms with E-state index >= 15 is 0 Å². The summed E-state index contributed by atoms with van der Waals surface area (Å²) in [5.74, 6) is 0.0795. The summed E-state index contributed by atoms with van der Waals surface area (Å²) < 4.78 is 10.6. The lowest BCUT2D eigenvalue weighted by molar-refractivity contribution is -0.250. The molecule has 0 saturated carbocycles. The first kappa shape index (κ1) is 15.8. The summed E-state index contributed by atoms with van der Waals surface area (Å²) in [5, 5.41) is 0. The summed E-state index contributed by atoms with van der Waals surface area (Å²) in [7, 11) is 0. The van der Waals surface area contributed by atoms with Gasteiger partial charge in [0.05, 0.1) is 0 Å². The van der Waals surface area contributed by atoms with Crippen LogP contribution in [0.15, 0.2) is 36.9 Å². The van der Waals surface area contributed by atoms with Crippen LogP contribution in [0.3, 0.4) is 0 Å². The molecule has 0 aliphatic carbocycles. The van der Waals surface area contributed by atoms with E-state index in [1.54, 1.807) is 24.3 Å². The number of hydrogen-bond acceptors (Lipinski definition) is 4. The Bertz CT molecular complexity index is 644. The van der Waals surface area contributed by atoms with E-state index in [-0.39, 0.29) is 12.8 Å².